The van der Waals surface area contributed by atoms with Crippen molar-refractivity contribution in [2.75, 3.05) is 20.3 Å². The number of aryl methyl sites for hydroxylation is 1. The van der Waals surface area contributed by atoms with Crippen LogP contribution in [-0.4, -0.2) is 36.2 Å². The molecular formula is C15H18N2O2S. The molecule has 1 saturated heterocycles. The van der Waals surface area contributed by atoms with Crippen LogP contribution in [0.3, 0.4) is 0 Å². The van der Waals surface area contributed by atoms with Crippen molar-refractivity contribution in [1.82, 2.24) is 10.2 Å². The summed E-state index contributed by atoms with van der Waals surface area (Å²) < 4.78 is 4.99. The van der Waals surface area contributed by atoms with Gasteiger partial charge in [0.15, 0.2) is 5.11 Å². The average Bonchev–Trinajstić information content (AvgIpc) is 2.69. The van der Waals surface area contributed by atoms with Crippen molar-refractivity contribution < 1.29 is 9.53 Å². The Kier molecular flexibility index (Phi) is 4.87. The Bertz CT molecular complexity index is 537. The van der Waals surface area contributed by atoms with E-state index in [1.165, 1.54) is 5.56 Å². The molecule has 4 nitrogen and oxygen atoms in total. The first-order chi connectivity index (χ1) is 9.61. The summed E-state index contributed by atoms with van der Waals surface area (Å²) in [5, 5.41) is 3.43. The largest absolute Gasteiger partial charge is 0.385 e. The zero-order valence-electron chi connectivity index (χ0n) is 11.7. The monoisotopic (exact) mass is 290 g/mol. The zero-order valence-corrected chi connectivity index (χ0v) is 12.5. The van der Waals surface area contributed by atoms with Gasteiger partial charge in [0.05, 0.1) is 0 Å². The second-order valence-electron chi connectivity index (χ2n) is 4.70. The van der Waals surface area contributed by atoms with Gasteiger partial charge in [-0.1, -0.05) is 29.8 Å². The van der Waals surface area contributed by atoms with Gasteiger partial charge in [0.1, 0.15) is 5.70 Å². The first-order valence-corrected chi connectivity index (χ1v) is 6.93. The summed E-state index contributed by atoms with van der Waals surface area (Å²) in [6, 6.07) is 7.99. The molecule has 0 radical (unpaired) electrons. The maximum absolute atomic E-state index is 12.2. The van der Waals surface area contributed by atoms with E-state index in [2.05, 4.69) is 5.32 Å². The summed E-state index contributed by atoms with van der Waals surface area (Å²) in [5.41, 5.74) is 2.69. The first kappa shape index (κ1) is 14.7. The number of carbonyl (C=O) groups excluding carboxylic acids is 1. The Morgan fingerprint density at radius 1 is 1.35 bits per heavy atom. The normalized spacial score (nSPS) is 16.9. The number of hydrogen-bond donors (Lipinski definition) is 1. The van der Waals surface area contributed by atoms with Crippen molar-refractivity contribution in [2.24, 2.45) is 0 Å². The van der Waals surface area contributed by atoms with Gasteiger partial charge in [-0.15, -0.1) is 0 Å². The van der Waals surface area contributed by atoms with Crippen molar-refractivity contribution in [3.8, 4) is 0 Å². The smallest absolute Gasteiger partial charge is 0.276 e. The molecule has 1 fully saturated rings. The first-order valence-electron chi connectivity index (χ1n) is 6.52. The van der Waals surface area contributed by atoms with Crippen LogP contribution in [0, 0.1) is 6.92 Å². The molecule has 0 saturated carbocycles. The standard InChI is InChI=1S/C15H18N2O2S/c1-11-4-6-12(7-5-11)10-13-14(18)17(15(20)16-13)8-3-9-19-2/h4-7,10H,3,8-9H2,1-2H3,(H,16,20)/b13-10+. The van der Waals surface area contributed by atoms with E-state index in [4.69, 9.17) is 17.0 Å². The fourth-order valence-electron chi connectivity index (χ4n) is 1.97. The molecule has 0 spiro atoms. The summed E-state index contributed by atoms with van der Waals surface area (Å²) in [7, 11) is 1.64. The molecule has 0 unspecified atom stereocenters. The van der Waals surface area contributed by atoms with Crippen LogP contribution in [0.5, 0.6) is 0 Å². The molecule has 0 atom stereocenters. The molecule has 1 N–H and O–H groups in total. The molecular weight excluding hydrogens is 272 g/mol. The van der Waals surface area contributed by atoms with Crippen molar-refractivity contribution in [1.29, 1.82) is 0 Å². The molecule has 20 heavy (non-hydrogen) atoms. The number of hydrogen-bond acceptors (Lipinski definition) is 3. The maximum Gasteiger partial charge on any atom is 0.276 e. The molecule has 106 valence electrons. The summed E-state index contributed by atoms with van der Waals surface area (Å²) >= 11 is 5.19. The van der Waals surface area contributed by atoms with Crippen LogP contribution in [-0.2, 0) is 9.53 Å². The molecule has 0 aromatic heterocycles. The molecule has 1 amide bonds. The second kappa shape index (κ2) is 6.63. The van der Waals surface area contributed by atoms with Gasteiger partial charge in [-0.25, -0.2) is 0 Å². The quantitative estimate of drug-likeness (QED) is 0.512. The highest BCUT2D eigenvalue weighted by molar-refractivity contribution is 7.80. The lowest BCUT2D eigenvalue weighted by molar-refractivity contribution is -0.122. The highest BCUT2D eigenvalue weighted by Gasteiger charge is 2.29. The third-order valence-electron chi connectivity index (χ3n) is 3.08. The van der Waals surface area contributed by atoms with E-state index in [0.717, 1.165) is 12.0 Å². The van der Waals surface area contributed by atoms with Crippen LogP contribution in [0.15, 0.2) is 30.0 Å². The third kappa shape index (κ3) is 3.43. The molecule has 1 heterocycles. The Morgan fingerprint density at radius 3 is 2.70 bits per heavy atom. The molecule has 0 bridgehead atoms. The van der Waals surface area contributed by atoms with Gasteiger partial charge in [0.2, 0.25) is 0 Å². The topological polar surface area (TPSA) is 41.6 Å². The Labute approximate surface area is 124 Å². The van der Waals surface area contributed by atoms with E-state index < -0.39 is 0 Å². The molecule has 2 rings (SSSR count). The number of benzene rings is 1. The summed E-state index contributed by atoms with van der Waals surface area (Å²) in [6.07, 6.45) is 2.59. The van der Waals surface area contributed by atoms with Crippen LogP contribution in [0.25, 0.3) is 6.08 Å². The van der Waals surface area contributed by atoms with E-state index in [1.807, 2.05) is 37.3 Å². The Morgan fingerprint density at radius 2 is 2.05 bits per heavy atom. The van der Waals surface area contributed by atoms with E-state index in [1.54, 1.807) is 12.0 Å². The van der Waals surface area contributed by atoms with Gasteiger partial charge in [-0.05, 0) is 37.2 Å². The lowest BCUT2D eigenvalue weighted by Gasteiger charge is -2.12. The van der Waals surface area contributed by atoms with Crippen LogP contribution < -0.4 is 5.32 Å². The third-order valence-corrected chi connectivity index (χ3v) is 3.40. The van der Waals surface area contributed by atoms with Gasteiger partial charge in [-0.3, -0.25) is 9.69 Å². The minimum atomic E-state index is -0.0771. The number of methoxy groups -OCH3 is 1. The molecule has 1 aromatic rings. The predicted octanol–water partition coefficient (Wildman–Crippen LogP) is 2.09. The van der Waals surface area contributed by atoms with E-state index in [9.17, 15) is 4.79 Å². The summed E-state index contributed by atoms with van der Waals surface area (Å²) in [6.45, 7) is 3.22. The van der Waals surface area contributed by atoms with Crippen molar-refractivity contribution in [3.63, 3.8) is 0 Å². The highest BCUT2D eigenvalue weighted by atomic mass is 32.1. The lowest BCUT2D eigenvalue weighted by atomic mass is 10.1. The van der Waals surface area contributed by atoms with Gasteiger partial charge < -0.3 is 10.1 Å². The number of rotatable bonds is 5. The van der Waals surface area contributed by atoms with E-state index in [0.29, 0.717) is 24.0 Å². The van der Waals surface area contributed by atoms with Crippen LogP contribution >= 0.6 is 12.2 Å². The molecule has 0 aliphatic carbocycles. The number of nitrogens with one attached hydrogen (secondary N) is 1. The fourth-order valence-corrected chi connectivity index (χ4v) is 2.26. The summed E-state index contributed by atoms with van der Waals surface area (Å²) in [5.74, 6) is -0.0771. The van der Waals surface area contributed by atoms with Gasteiger partial charge in [0.25, 0.3) is 5.91 Å². The molecule has 1 aliphatic rings. The predicted molar refractivity (Wildman–Crippen MR) is 83.1 cm³/mol. The minimum Gasteiger partial charge on any atom is -0.385 e. The number of amides is 1. The fraction of sp³-hybridized carbons (Fsp3) is 0.333. The Hall–Kier alpha value is -1.72. The van der Waals surface area contributed by atoms with Crippen molar-refractivity contribution in [3.05, 3.63) is 41.1 Å². The van der Waals surface area contributed by atoms with Crippen LogP contribution in [0.2, 0.25) is 0 Å². The molecule has 1 aromatic carbocycles. The van der Waals surface area contributed by atoms with Crippen molar-refractivity contribution >= 4 is 29.3 Å². The highest BCUT2D eigenvalue weighted by Crippen LogP contribution is 2.15. The molecule has 1 aliphatic heterocycles. The Balaban J connectivity index is 2.09. The zero-order chi connectivity index (χ0) is 14.5. The van der Waals surface area contributed by atoms with Gasteiger partial charge >= 0.3 is 0 Å². The van der Waals surface area contributed by atoms with Crippen LogP contribution in [0.4, 0.5) is 0 Å². The van der Waals surface area contributed by atoms with E-state index >= 15 is 0 Å². The summed E-state index contributed by atoms with van der Waals surface area (Å²) in [4.78, 5) is 13.8. The number of ether oxygens (including phenoxy) is 1. The minimum absolute atomic E-state index is 0.0771. The average molecular weight is 290 g/mol. The van der Waals surface area contributed by atoms with Crippen molar-refractivity contribution in [2.45, 2.75) is 13.3 Å². The maximum atomic E-state index is 12.2. The lowest BCUT2D eigenvalue weighted by Crippen LogP contribution is -2.32. The number of thiocarbonyl (C=S) groups is 1. The second-order valence-corrected chi connectivity index (χ2v) is 5.09. The number of carbonyl (C=O) groups is 1. The van der Waals surface area contributed by atoms with Gasteiger partial charge in [0, 0.05) is 20.3 Å². The van der Waals surface area contributed by atoms with Gasteiger partial charge in [-0.2, -0.15) is 0 Å². The number of nitrogens with zero attached hydrogens (tertiary/aromatic N) is 1. The van der Waals surface area contributed by atoms with Crippen LogP contribution in [0.1, 0.15) is 17.5 Å². The molecule has 5 heteroatoms. The van der Waals surface area contributed by atoms with E-state index in [-0.39, 0.29) is 5.91 Å². The SMILES string of the molecule is COCCCN1C(=O)/C(=C\c2ccc(C)cc2)NC1=S.